The molecule has 3 aliphatic carbocycles. The molecule has 2 unspecified atom stereocenters. The van der Waals surface area contributed by atoms with Crippen LogP contribution in [0.15, 0.2) is 143 Å². The van der Waals surface area contributed by atoms with Crippen molar-refractivity contribution in [1.82, 2.24) is 49.4 Å². The molecule has 708 valence electrons. The molecule has 0 radical (unpaired) electrons. The molecule has 15 rings (SSSR count). The predicted molar refractivity (Wildman–Crippen MR) is 511 cm³/mol. The minimum absolute atomic E-state index is 0.0396. The van der Waals surface area contributed by atoms with Gasteiger partial charge in [-0.25, -0.2) is 34.5 Å². The van der Waals surface area contributed by atoms with E-state index in [1.807, 2.05) is 109 Å². The Hall–Kier alpha value is -10.2. The number of nitrogens with zero attached hydrogens (tertiary/aromatic N) is 10. The number of aryl methyl sites for hydroxylation is 5. The van der Waals surface area contributed by atoms with Gasteiger partial charge in [0.05, 0.1) is 75.2 Å². The van der Waals surface area contributed by atoms with E-state index in [4.69, 9.17) is 90.7 Å². The molecule has 0 spiro atoms. The summed E-state index contributed by atoms with van der Waals surface area (Å²) in [6.07, 6.45) is 20.5. The van der Waals surface area contributed by atoms with Gasteiger partial charge in [0.15, 0.2) is 0 Å². The van der Waals surface area contributed by atoms with Crippen molar-refractivity contribution in [2.75, 3.05) is 123 Å². The second-order valence-electron chi connectivity index (χ2n) is 34.4. The number of aromatic carboxylic acids is 1. The van der Waals surface area contributed by atoms with Crippen LogP contribution in [-0.4, -0.2) is 214 Å². The molecular formula is C102H133Cl3N10O16. The number of rotatable bonds is 45. The number of aromatic nitrogens is 5. The van der Waals surface area contributed by atoms with Crippen molar-refractivity contribution in [3.8, 4) is 86.0 Å². The zero-order valence-electron chi connectivity index (χ0n) is 78.3. The molecule has 1 N–H and O–H groups in total. The van der Waals surface area contributed by atoms with E-state index in [-0.39, 0.29) is 29.2 Å². The molecule has 2 amide bonds. The molecular weight excluding hydrogens is 1730 g/mol. The number of carbonyl (C=O) groups is 4. The van der Waals surface area contributed by atoms with E-state index in [0.29, 0.717) is 125 Å². The first kappa shape index (κ1) is 101. The Balaban J connectivity index is 0.000000160. The number of methoxy groups -OCH3 is 1. The fourth-order valence-corrected chi connectivity index (χ4v) is 15.8. The van der Waals surface area contributed by atoms with Crippen molar-refractivity contribution >= 4 is 58.6 Å². The zero-order valence-corrected chi connectivity index (χ0v) is 80.5. The molecule has 2 saturated heterocycles. The topological polar surface area (TPSA) is 290 Å². The number of amides is 2. The minimum atomic E-state index is -1.12. The predicted octanol–water partition coefficient (Wildman–Crippen LogP) is 22.4. The van der Waals surface area contributed by atoms with E-state index in [2.05, 4.69) is 93.0 Å². The van der Waals surface area contributed by atoms with Gasteiger partial charge in [-0.2, -0.15) is 0 Å². The van der Waals surface area contributed by atoms with Crippen LogP contribution in [0.4, 0.5) is 0 Å². The van der Waals surface area contributed by atoms with Crippen LogP contribution in [0.5, 0.6) is 28.7 Å². The summed E-state index contributed by atoms with van der Waals surface area (Å²) in [6, 6.07) is 39.3. The third-order valence-corrected chi connectivity index (χ3v) is 24.1. The number of carbonyl (C=O) groups excluding carboxylic acids is 3. The van der Waals surface area contributed by atoms with Crippen LogP contribution in [0.1, 0.15) is 227 Å². The van der Waals surface area contributed by atoms with Crippen LogP contribution in [-0.2, 0) is 11.3 Å². The highest BCUT2D eigenvalue weighted by Gasteiger charge is 2.33. The quantitative estimate of drug-likeness (QED) is 0.0211. The summed E-state index contributed by atoms with van der Waals surface area (Å²) >= 11 is 16.8. The SMILES string of the molecule is CCCN(CC1CC1)C(=O)c1oc(-c2ccc(OCCCCl)cc2)nc1C.CCCN(CC1CC1)C(=O)c1oc(-c2ccc(OCCCN3CCCC3C)cc2)nc1C.CCCN(Cc1oc(-c2ccc(OCCCN3CCCC3C)cc2)nc1C)CC1CC1.COC(=O)c1oc(-c2ccc(OCCCCl)cc2)nc1C.Cc1nc(-c2ccc(OCCCCl)cc2)oc1C(=O)O. The first-order valence-electron chi connectivity index (χ1n) is 46.9. The summed E-state index contributed by atoms with van der Waals surface area (Å²) in [4.78, 5) is 81.9. The summed E-state index contributed by atoms with van der Waals surface area (Å²) in [7, 11) is 1.30. The van der Waals surface area contributed by atoms with Crippen LogP contribution in [0.2, 0.25) is 0 Å². The summed E-state index contributed by atoms with van der Waals surface area (Å²) in [5.41, 5.74) is 7.30. The summed E-state index contributed by atoms with van der Waals surface area (Å²) in [6.45, 7) is 34.3. The molecule has 2 atom stereocenters. The third-order valence-electron chi connectivity index (χ3n) is 23.3. The molecule has 2 aliphatic heterocycles. The Morgan fingerprint density at radius 1 is 0.397 bits per heavy atom. The van der Waals surface area contributed by atoms with Crippen molar-refractivity contribution in [3.05, 3.63) is 179 Å². The van der Waals surface area contributed by atoms with E-state index in [1.165, 1.54) is 97.4 Å². The molecule has 26 nitrogen and oxygen atoms in total. The van der Waals surface area contributed by atoms with Crippen LogP contribution >= 0.6 is 34.8 Å². The van der Waals surface area contributed by atoms with Crippen LogP contribution in [0.25, 0.3) is 57.3 Å². The second kappa shape index (κ2) is 52.3. The lowest BCUT2D eigenvalue weighted by Gasteiger charge is -2.20. The number of oxazole rings is 5. The Kier molecular flexibility index (Phi) is 40.4. The van der Waals surface area contributed by atoms with Gasteiger partial charge in [-0.3, -0.25) is 14.5 Å². The molecule has 3 saturated carbocycles. The van der Waals surface area contributed by atoms with Gasteiger partial charge in [-0.05, 0) is 323 Å². The van der Waals surface area contributed by atoms with Crippen molar-refractivity contribution in [2.24, 2.45) is 17.8 Å². The average Bonchev–Trinajstić information content (AvgIpc) is 1.67. The highest BCUT2D eigenvalue weighted by atomic mass is 35.5. The Bertz CT molecular complexity index is 5120. The van der Waals surface area contributed by atoms with Gasteiger partial charge in [0.25, 0.3) is 11.8 Å². The van der Waals surface area contributed by atoms with Gasteiger partial charge in [0, 0.05) is 103 Å². The molecule has 5 aromatic heterocycles. The lowest BCUT2D eigenvalue weighted by molar-refractivity contribution is 0.0563. The van der Waals surface area contributed by atoms with Gasteiger partial charge < -0.3 is 75.2 Å². The van der Waals surface area contributed by atoms with Crippen LogP contribution in [0, 0.1) is 52.4 Å². The Morgan fingerprint density at radius 3 is 0.992 bits per heavy atom. The first-order chi connectivity index (χ1) is 63.5. The Morgan fingerprint density at radius 2 is 0.695 bits per heavy atom. The fraction of sp³-hybridized carbons (Fsp3) is 0.520. The van der Waals surface area contributed by atoms with E-state index in [0.717, 1.165) is 178 Å². The normalized spacial score (nSPS) is 15.3. The standard InChI is InChI=1S/C26H37N3O3.C26H39N3O2.C21H27ClN2O3.C15H16ClNO4.C14H14ClNO4/c1-4-14-29(18-21-8-9-21)26(30)24-20(3)27-25(32-24)22-10-12-23(13-11-22)31-17-6-16-28-15-5-7-19(28)2;1-4-14-28(18-22-8-9-22)19-25-21(3)27-26(31-25)23-10-12-24(13-11-23)30-17-6-16-29-15-5-7-20(29)2;1-3-12-24(14-16-5-6-16)21(25)19-15(2)23-20(27-19)17-7-9-18(10-8-17)26-13-4-11-22;1-10-13(15(18)19-2)21-14(17-10)11-4-6-12(7-5-11)20-9-3-8-16;1-9-12(14(17)18)20-13(16-9)10-3-5-11(6-4-10)19-8-2-7-15/h10-13,19,21H,4-9,14-18H2,1-3H3;10-13,20,22H,4-9,14-19H2,1-3H3;7-10,16H,3-6,11-14H2,1-2H3;4-7H,3,8-9H2,1-2H3;3-6H,2,7-8H2,1H3,(H,17,18). The van der Waals surface area contributed by atoms with E-state index in [1.54, 1.807) is 38.1 Å². The molecule has 0 bridgehead atoms. The number of halogens is 3. The largest absolute Gasteiger partial charge is 0.494 e. The molecule has 29 heteroatoms. The highest BCUT2D eigenvalue weighted by molar-refractivity contribution is 6.18. The molecule has 10 aromatic rings. The van der Waals surface area contributed by atoms with Gasteiger partial charge >= 0.3 is 11.9 Å². The Labute approximate surface area is 787 Å². The van der Waals surface area contributed by atoms with E-state index in [9.17, 15) is 19.2 Å². The van der Waals surface area contributed by atoms with Crippen molar-refractivity contribution in [2.45, 2.75) is 203 Å². The summed E-state index contributed by atoms with van der Waals surface area (Å²) in [5, 5.41) is 8.93. The number of esters is 1. The number of carboxylic acids is 1. The number of ether oxygens (including phenoxy) is 6. The molecule has 131 heavy (non-hydrogen) atoms. The van der Waals surface area contributed by atoms with Gasteiger partial charge in [0.1, 0.15) is 34.5 Å². The number of hydrogen-bond acceptors (Lipinski definition) is 23. The molecule has 5 aliphatic rings. The van der Waals surface area contributed by atoms with Crippen molar-refractivity contribution in [1.29, 1.82) is 0 Å². The van der Waals surface area contributed by atoms with Crippen molar-refractivity contribution in [3.63, 3.8) is 0 Å². The third kappa shape index (κ3) is 31.7. The van der Waals surface area contributed by atoms with Gasteiger partial charge in [-0.15, -0.1) is 34.8 Å². The summed E-state index contributed by atoms with van der Waals surface area (Å²) < 4.78 is 61.8. The number of alkyl halides is 3. The smallest absolute Gasteiger partial charge is 0.375 e. The maximum Gasteiger partial charge on any atom is 0.375 e. The lowest BCUT2D eigenvalue weighted by Crippen LogP contribution is -2.33. The second-order valence-corrected chi connectivity index (χ2v) is 35.5. The maximum absolute atomic E-state index is 13.0. The first-order valence-corrected chi connectivity index (χ1v) is 48.5. The van der Waals surface area contributed by atoms with Crippen LogP contribution in [0.3, 0.4) is 0 Å². The maximum atomic E-state index is 13.0. The molecule has 5 aromatic carbocycles. The van der Waals surface area contributed by atoms with E-state index < -0.39 is 11.9 Å². The van der Waals surface area contributed by atoms with E-state index >= 15 is 0 Å². The monoisotopic (exact) mass is 1860 g/mol. The zero-order chi connectivity index (χ0) is 93.1. The summed E-state index contributed by atoms with van der Waals surface area (Å²) in [5.74, 6) is 10.2. The minimum Gasteiger partial charge on any atom is -0.494 e. The van der Waals surface area contributed by atoms with Gasteiger partial charge in [0.2, 0.25) is 52.5 Å². The van der Waals surface area contributed by atoms with Crippen molar-refractivity contribution < 1.29 is 74.8 Å². The van der Waals surface area contributed by atoms with Gasteiger partial charge in [-0.1, -0.05) is 20.8 Å². The number of hydrogen-bond donors (Lipinski definition) is 1. The number of likely N-dealkylation sites (tertiary alicyclic amines) is 2. The molecule has 5 fully saturated rings. The lowest BCUT2D eigenvalue weighted by atomic mass is 10.2. The number of benzene rings is 5. The van der Waals surface area contributed by atoms with Crippen LogP contribution < -0.4 is 23.7 Å². The fourth-order valence-electron chi connectivity index (χ4n) is 15.4. The molecule has 7 heterocycles. The number of carboxylic acid groups (broad SMARTS) is 1. The highest BCUT2D eigenvalue weighted by Crippen LogP contribution is 2.36. The average molecular weight is 1860 g/mol.